The average Bonchev–Trinajstić information content (AvgIpc) is 1.80. The van der Waals surface area contributed by atoms with E-state index in [1.165, 1.54) is 0 Å². The van der Waals surface area contributed by atoms with Crippen molar-refractivity contribution in [3.05, 3.63) is 48.6 Å². The first-order valence-corrected chi connectivity index (χ1v) is 2.95. The third-order valence-corrected chi connectivity index (χ3v) is 0.761. The Kier molecular flexibility index (Phi) is 4.94. The van der Waals surface area contributed by atoms with Gasteiger partial charge in [-0.25, -0.2) is 0 Å². The van der Waals surface area contributed by atoms with Gasteiger partial charge in [0, 0.05) is 5.03 Å². The van der Waals surface area contributed by atoms with Crippen LogP contribution in [0.15, 0.2) is 48.6 Å². The average molecular weight is 141 g/mol. The lowest BCUT2D eigenvalue weighted by molar-refractivity contribution is 1.88. The summed E-state index contributed by atoms with van der Waals surface area (Å²) in [6.45, 7) is 6.97. The van der Waals surface area contributed by atoms with Crippen molar-refractivity contribution in [2.24, 2.45) is 0 Å². The van der Waals surface area contributed by atoms with Crippen LogP contribution in [0.25, 0.3) is 0 Å². The van der Waals surface area contributed by atoms with Crippen molar-refractivity contribution in [3.63, 3.8) is 0 Å². The van der Waals surface area contributed by atoms with Gasteiger partial charge in [-0.2, -0.15) is 0 Å². The molecule has 0 aromatic rings. The molecule has 0 nitrogen and oxygen atoms in total. The van der Waals surface area contributed by atoms with Crippen LogP contribution in [-0.2, 0) is 0 Å². The maximum Gasteiger partial charge on any atom is 0.0334 e. The van der Waals surface area contributed by atoms with E-state index in [2.05, 4.69) is 13.2 Å². The van der Waals surface area contributed by atoms with Gasteiger partial charge in [0.1, 0.15) is 0 Å². The minimum Gasteiger partial charge on any atom is -0.0991 e. The highest BCUT2D eigenvalue weighted by atomic mass is 35.5. The molecule has 0 radical (unpaired) electrons. The Morgan fingerprint density at radius 1 is 1.22 bits per heavy atom. The van der Waals surface area contributed by atoms with Gasteiger partial charge in [0.05, 0.1) is 0 Å². The van der Waals surface area contributed by atoms with Crippen LogP contribution in [0.2, 0.25) is 0 Å². The Labute approximate surface area is 60.8 Å². The molecule has 0 aliphatic rings. The molecule has 0 bridgehead atoms. The second-order valence-electron chi connectivity index (χ2n) is 1.43. The van der Waals surface area contributed by atoms with Gasteiger partial charge in [0.2, 0.25) is 0 Å². The molecule has 48 valence electrons. The summed E-state index contributed by atoms with van der Waals surface area (Å²) in [6.07, 6.45) is 8.86. The van der Waals surface area contributed by atoms with E-state index in [9.17, 15) is 0 Å². The topological polar surface area (TPSA) is 0 Å². The monoisotopic (exact) mass is 140 g/mol. The molecule has 1 heteroatoms. The van der Waals surface area contributed by atoms with Crippen LogP contribution < -0.4 is 0 Å². The molecule has 0 fully saturated rings. The highest BCUT2D eigenvalue weighted by Gasteiger charge is 1.70. The molecular weight excluding hydrogens is 132 g/mol. The van der Waals surface area contributed by atoms with E-state index in [4.69, 9.17) is 11.6 Å². The molecule has 0 atom stereocenters. The molecule has 0 rings (SSSR count). The fourth-order valence-electron chi connectivity index (χ4n) is 0.303. The summed E-state index contributed by atoms with van der Waals surface area (Å²) < 4.78 is 0. The standard InChI is InChI=1S/C8H9Cl/c1-3-4-5-6-7-8(2)9/h3-7H,1-2H2. The minimum atomic E-state index is 0.531. The Morgan fingerprint density at radius 3 is 2.33 bits per heavy atom. The molecule has 0 saturated heterocycles. The van der Waals surface area contributed by atoms with E-state index in [-0.39, 0.29) is 0 Å². The van der Waals surface area contributed by atoms with Crippen molar-refractivity contribution < 1.29 is 0 Å². The summed E-state index contributed by atoms with van der Waals surface area (Å²) >= 11 is 5.42. The van der Waals surface area contributed by atoms with Gasteiger partial charge < -0.3 is 0 Å². The second kappa shape index (κ2) is 5.39. The van der Waals surface area contributed by atoms with Crippen molar-refractivity contribution >= 4 is 11.6 Å². The van der Waals surface area contributed by atoms with Crippen LogP contribution in [-0.4, -0.2) is 0 Å². The van der Waals surface area contributed by atoms with Crippen molar-refractivity contribution in [1.82, 2.24) is 0 Å². The molecule has 0 amide bonds. The van der Waals surface area contributed by atoms with Gasteiger partial charge >= 0.3 is 0 Å². The van der Waals surface area contributed by atoms with E-state index in [0.717, 1.165) is 0 Å². The van der Waals surface area contributed by atoms with Gasteiger partial charge in [-0.3, -0.25) is 0 Å². The zero-order valence-corrected chi connectivity index (χ0v) is 5.93. The number of hydrogen-bond acceptors (Lipinski definition) is 0. The molecule has 9 heavy (non-hydrogen) atoms. The molecule has 0 aliphatic heterocycles. The summed E-state index contributed by atoms with van der Waals surface area (Å²) in [7, 11) is 0. The molecule has 0 aromatic heterocycles. The first-order chi connectivity index (χ1) is 4.27. The molecular formula is C8H9Cl. The molecule has 0 N–H and O–H groups in total. The summed E-state index contributed by atoms with van der Waals surface area (Å²) in [5, 5.41) is 0.531. The Hall–Kier alpha value is -0.750. The lowest BCUT2D eigenvalue weighted by atomic mass is 10.4. The first-order valence-electron chi connectivity index (χ1n) is 2.57. The second-order valence-corrected chi connectivity index (χ2v) is 1.91. The maximum absolute atomic E-state index is 5.42. The van der Waals surface area contributed by atoms with Crippen LogP contribution in [0, 0.1) is 0 Å². The Morgan fingerprint density at radius 2 is 1.89 bits per heavy atom. The van der Waals surface area contributed by atoms with Crippen molar-refractivity contribution in [1.29, 1.82) is 0 Å². The molecule has 0 aromatic carbocycles. The van der Waals surface area contributed by atoms with Crippen LogP contribution in [0.1, 0.15) is 0 Å². The van der Waals surface area contributed by atoms with E-state index >= 15 is 0 Å². The smallest absolute Gasteiger partial charge is 0.0334 e. The predicted molar refractivity (Wildman–Crippen MR) is 43.5 cm³/mol. The van der Waals surface area contributed by atoms with E-state index in [1.807, 2.05) is 12.2 Å². The molecule has 0 unspecified atom stereocenters. The summed E-state index contributed by atoms with van der Waals surface area (Å²) in [6, 6.07) is 0. The lowest BCUT2D eigenvalue weighted by Gasteiger charge is -1.75. The molecule has 0 spiro atoms. The van der Waals surface area contributed by atoms with Gasteiger partial charge in [-0.15, -0.1) is 0 Å². The first kappa shape index (κ1) is 8.25. The minimum absolute atomic E-state index is 0.531. The van der Waals surface area contributed by atoms with Gasteiger partial charge in [-0.05, 0) is 6.08 Å². The summed E-state index contributed by atoms with van der Waals surface area (Å²) in [4.78, 5) is 0. The third kappa shape index (κ3) is 7.25. The fraction of sp³-hybridized carbons (Fsp3) is 0. The number of allylic oxidation sites excluding steroid dienone is 6. The molecule has 0 heterocycles. The lowest BCUT2D eigenvalue weighted by Crippen LogP contribution is -1.53. The van der Waals surface area contributed by atoms with Gasteiger partial charge in [0.25, 0.3) is 0 Å². The fourth-order valence-corrected chi connectivity index (χ4v) is 0.375. The Balaban J connectivity index is 3.59. The van der Waals surface area contributed by atoms with Crippen molar-refractivity contribution in [3.8, 4) is 0 Å². The van der Waals surface area contributed by atoms with Crippen LogP contribution >= 0.6 is 11.6 Å². The summed E-state index contributed by atoms with van der Waals surface area (Å²) in [5.74, 6) is 0. The van der Waals surface area contributed by atoms with E-state index in [1.54, 1.807) is 18.2 Å². The summed E-state index contributed by atoms with van der Waals surface area (Å²) in [5.41, 5.74) is 0. The largest absolute Gasteiger partial charge is 0.0991 e. The van der Waals surface area contributed by atoms with Crippen LogP contribution in [0.5, 0.6) is 0 Å². The SMILES string of the molecule is C=CC=CC=CC(=C)Cl. The third-order valence-electron chi connectivity index (χ3n) is 0.635. The molecule has 0 saturated carbocycles. The normalized spacial score (nSPS) is 10.8. The molecule has 0 aliphatic carbocycles. The highest BCUT2D eigenvalue weighted by molar-refractivity contribution is 6.30. The zero-order chi connectivity index (χ0) is 7.11. The van der Waals surface area contributed by atoms with E-state index < -0.39 is 0 Å². The van der Waals surface area contributed by atoms with Gasteiger partial charge in [0.15, 0.2) is 0 Å². The van der Waals surface area contributed by atoms with Crippen molar-refractivity contribution in [2.75, 3.05) is 0 Å². The maximum atomic E-state index is 5.42. The van der Waals surface area contributed by atoms with Gasteiger partial charge in [-0.1, -0.05) is 49.1 Å². The zero-order valence-electron chi connectivity index (χ0n) is 5.18. The number of halogens is 1. The predicted octanol–water partition coefficient (Wildman–Crippen LogP) is 3.04. The number of rotatable bonds is 3. The van der Waals surface area contributed by atoms with Crippen molar-refractivity contribution in [2.45, 2.75) is 0 Å². The van der Waals surface area contributed by atoms with E-state index in [0.29, 0.717) is 5.03 Å². The van der Waals surface area contributed by atoms with Crippen LogP contribution in [0.3, 0.4) is 0 Å². The van der Waals surface area contributed by atoms with Crippen LogP contribution in [0.4, 0.5) is 0 Å². The Bertz CT molecular complexity index is 152. The number of hydrogen-bond donors (Lipinski definition) is 0. The highest BCUT2D eigenvalue weighted by Crippen LogP contribution is 1.97. The quantitative estimate of drug-likeness (QED) is 0.529.